The molecule has 132 valence electrons. The summed E-state index contributed by atoms with van der Waals surface area (Å²) in [6, 6.07) is 0. The smallest absolute Gasteiger partial charge is 0.156 e. The van der Waals surface area contributed by atoms with Gasteiger partial charge < -0.3 is 5.32 Å². The first kappa shape index (κ1) is 21.8. The summed E-state index contributed by atoms with van der Waals surface area (Å²) in [4.78, 5) is 4.89. The van der Waals surface area contributed by atoms with Crippen molar-refractivity contribution in [1.82, 2.24) is 5.32 Å². The zero-order valence-electron chi connectivity index (χ0n) is 15.8. The van der Waals surface area contributed by atoms with Crippen LogP contribution in [0, 0.1) is 11.8 Å². The van der Waals surface area contributed by atoms with Crippen molar-refractivity contribution >= 4 is 16.9 Å². The molecule has 0 amide bonds. The summed E-state index contributed by atoms with van der Waals surface area (Å²) in [5.74, 6) is 2.66. The van der Waals surface area contributed by atoms with E-state index in [1.165, 1.54) is 56.5 Å². The second kappa shape index (κ2) is 15.7. The van der Waals surface area contributed by atoms with Gasteiger partial charge in [-0.1, -0.05) is 84.9 Å². The molecule has 0 aliphatic carbocycles. The highest BCUT2D eigenvalue weighted by atomic mass is 32.2. The lowest BCUT2D eigenvalue weighted by molar-refractivity contribution is 0.444. The lowest BCUT2D eigenvalue weighted by atomic mass is 9.99. The van der Waals surface area contributed by atoms with Crippen LogP contribution in [0.25, 0.3) is 0 Å². The van der Waals surface area contributed by atoms with Crippen LogP contribution >= 0.6 is 11.8 Å². The third kappa shape index (κ3) is 11.4. The van der Waals surface area contributed by atoms with E-state index in [1.807, 2.05) is 11.8 Å². The number of nitrogens with zero attached hydrogens (tertiary/aromatic N) is 1. The van der Waals surface area contributed by atoms with Crippen molar-refractivity contribution in [3.8, 4) is 0 Å². The molecule has 0 saturated heterocycles. The zero-order chi connectivity index (χ0) is 16.6. The topological polar surface area (TPSA) is 24.4 Å². The molecule has 2 nitrogen and oxygen atoms in total. The van der Waals surface area contributed by atoms with Gasteiger partial charge >= 0.3 is 0 Å². The van der Waals surface area contributed by atoms with E-state index >= 15 is 0 Å². The van der Waals surface area contributed by atoms with Gasteiger partial charge in [-0.15, -0.1) is 0 Å². The zero-order valence-corrected chi connectivity index (χ0v) is 16.6. The molecule has 0 aliphatic rings. The average Bonchev–Trinajstić information content (AvgIpc) is 2.54. The molecule has 0 heterocycles. The highest BCUT2D eigenvalue weighted by Crippen LogP contribution is 2.15. The quantitative estimate of drug-likeness (QED) is 0.325. The highest BCUT2D eigenvalue weighted by molar-refractivity contribution is 8.13. The number of hydrogen-bond donors (Lipinski definition) is 1. The molecule has 2 unspecified atom stereocenters. The van der Waals surface area contributed by atoms with Crippen LogP contribution in [0.1, 0.15) is 86.0 Å². The fourth-order valence-corrected chi connectivity index (χ4v) is 3.22. The number of hydrogen-bond acceptors (Lipinski definition) is 2. The van der Waals surface area contributed by atoms with Crippen molar-refractivity contribution in [2.75, 3.05) is 18.8 Å². The summed E-state index contributed by atoms with van der Waals surface area (Å²) in [7, 11) is 0. The molecule has 0 saturated carbocycles. The Bertz CT molecular complexity index is 266. The lowest BCUT2D eigenvalue weighted by Gasteiger charge is -2.18. The van der Waals surface area contributed by atoms with Crippen LogP contribution in [0.2, 0.25) is 0 Å². The standard InChI is InChI=1S/C19H40N2S/c1-6-11-13-17(8-3)15-20-19(22-10-5)21-16-18(9-4)14-12-7-2/h17-18H,6-16H2,1-5H3,(H,20,21). The Morgan fingerprint density at radius 2 is 1.50 bits per heavy atom. The third-order valence-electron chi connectivity index (χ3n) is 4.40. The molecule has 22 heavy (non-hydrogen) atoms. The molecule has 0 aromatic rings. The highest BCUT2D eigenvalue weighted by Gasteiger charge is 2.09. The van der Waals surface area contributed by atoms with Crippen LogP contribution in [-0.2, 0) is 0 Å². The Kier molecular flexibility index (Phi) is 15.6. The summed E-state index contributed by atoms with van der Waals surface area (Å²) < 4.78 is 0. The van der Waals surface area contributed by atoms with Gasteiger partial charge in [0.25, 0.3) is 0 Å². The minimum Gasteiger partial charge on any atom is -0.365 e. The van der Waals surface area contributed by atoms with E-state index in [0.29, 0.717) is 0 Å². The minimum absolute atomic E-state index is 0.760. The summed E-state index contributed by atoms with van der Waals surface area (Å²) >= 11 is 1.87. The van der Waals surface area contributed by atoms with Gasteiger partial charge in [0.2, 0.25) is 0 Å². The Labute approximate surface area is 144 Å². The van der Waals surface area contributed by atoms with Crippen molar-refractivity contribution in [2.45, 2.75) is 86.0 Å². The summed E-state index contributed by atoms with van der Waals surface area (Å²) in [5.41, 5.74) is 0. The maximum atomic E-state index is 4.89. The van der Waals surface area contributed by atoms with E-state index in [1.54, 1.807) is 0 Å². The minimum atomic E-state index is 0.760. The Morgan fingerprint density at radius 1 is 0.909 bits per heavy atom. The molecule has 3 heteroatoms. The van der Waals surface area contributed by atoms with E-state index in [0.717, 1.165) is 30.7 Å². The van der Waals surface area contributed by atoms with E-state index < -0.39 is 0 Å². The molecule has 2 atom stereocenters. The van der Waals surface area contributed by atoms with Crippen molar-refractivity contribution in [3.05, 3.63) is 0 Å². The lowest BCUT2D eigenvalue weighted by Crippen LogP contribution is -2.28. The predicted molar refractivity (Wildman–Crippen MR) is 105 cm³/mol. The molecule has 0 fully saturated rings. The van der Waals surface area contributed by atoms with E-state index in [9.17, 15) is 0 Å². The van der Waals surface area contributed by atoms with Crippen LogP contribution < -0.4 is 5.32 Å². The average molecular weight is 329 g/mol. The van der Waals surface area contributed by atoms with Crippen LogP contribution in [0.5, 0.6) is 0 Å². The maximum absolute atomic E-state index is 4.89. The van der Waals surface area contributed by atoms with Gasteiger partial charge in [-0.25, -0.2) is 0 Å². The van der Waals surface area contributed by atoms with Crippen molar-refractivity contribution in [2.24, 2.45) is 16.8 Å². The fraction of sp³-hybridized carbons (Fsp3) is 0.947. The Hall–Kier alpha value is -0.180. The van der Waals surface area contributed by atoms with Crippen molar-refractivity contribution in [1.29, 1.82) is 0 Å². The van der Waals surface area contributed by atoms with Crippen LogP contribution in [0.4, 0.5) is 0 Å². The van der Waals surface area contributed by atoms with Gasteiger partial charge in [0.1, 0.15) is 0 Å². The molecular weight excluding hydrogens is 288 g/mol. The molecule has 0 aromatic carbocycles. The number of nitrogens with one attached hydrogen (secondary N) is 1. The predicted octanol–water partition coefficient (Wildman–Crippen LogP) is 6.12. The van der Waals surface area contributed by atoms with Crippen LogP contribution in [0.15, 0.2) is 4.99 Å². The van der Waals surface area contributed by atoms with Gasteiger partial charge in [-0.3, -0.25) is 4.99 Å². The molecule has 0 aromatic heterocycles. The van der Waals surface area contributed by atoms with Crippen molar-refractivity contribution < 1.29 is 0 Å². The van der Waals surface area contributed by atoms with E-state index in [2.05, 4.69) is 39.9 Å². The van der Waals surface area contributed by atoms with Crippen LogP contribution in [0.3, 0.4) is 0 Å². The largest absolute Gasteiger partial charge is 0.365 e. The maximum Gasteiger partial charge on any atom is 0.156 e. The molecule has 0 radical (unpaired) electrons. The molecule has 0 spiro atoms. The van der Waals surface area contributed by atoms with E-state index in [-0.39, 0.29) is 0 Å². The normalized spacial score (nSPS) is 14.9. The van der Waals surface area contributed by atoms with Gasteiger partial charge in [-0.05, 0) is 30.4 Å². The molecule has 0 rings (SSSR count). The molecule has 1 N–H and O–H groups in total. The Balaban J connectivity index is 4.33. The molecule has 0 bridgehead atoms. The summed E-state index contributed by atoms with van der Waals surface area (Å²) in [5, 5.41) is 4.80. The SMILES string of the molecule is CCCCC(CC)CN=C(NCC(CC)CCCC)SCC. The molecule has 0 aliphatic heterocycles. The monoisotopic (exact) mass is 328 g/mol. The van der Waals surface area contributed by atoms with Crippen LogP contribution in [-0.4, -0.2) is 24.0 Å². The number of amidine groups is 1. The first-order valence-electron chi connectivity index (χ1n) is 9.62. The van der Waals surface area contributed by atoms with Crippen molar-refractivity contribution in [3.63, 3.8) is 0 Å². The summed E-state index contributed by atoms with van der Waals surface area (Å²) in [6.07, 6.45) is 10.5. The Morgan fingerprint density at radius 3 is 2.00 bits per heavy atom. The third-order valence-corrected chi connectivity index (χ3v) is 5.24. The number of aliphatic imine (C=N–C) groups is 1. The first-order chi connectivity index (χ1) is 10.7. The van der Waals surface area contributed by atoms with Gasteiger partial charge in [0.15, 0.2) is 5.17 Å². The van der Waals surface area contributed by atoms with Gasteiger partial charge in [0.05, 0.1) is 0 Å². The number of thioether (sulfide) groups is 1. The van der Waals surface area contributed by atoms with E-state index in [4.69, 9.17) is 4.99 Å². The number of unbranched alkanes of at least 4 members (excludes halogenated alkanes) is 2. The first-order valence-corrected chi connectivity index (χ1v) is 10.6. The number of rotatable bonds is 13. The van der Waals surface area contributed by atoms with Gasteiger partial charge in [-0.2, -0.15) is 0 Å². The fourth-order valence-electron chi connectivity index (χ4n) is 2.59. The second-order valence-corrected chi connectivity index (χ2v) is 7.55. The second-order valence-electron chi connectivity index (χ2n) is 6.29. The summed E-state index contributed by atoms with van der Waals surface area (Å²) in [6.45, 7) is 13.5. The molecular formula is C19H40N2S. The van der Waals surface area contributed by atoms with Gasteiger partial charge in [0, 0.05) is 13.1 Å².